The number of allylic oxidation sites excluding steroid dienone is 4. The van der Waals surface area contributed by atoms with Crippen LogP contribution in [-0.4, -0.2) is 4.98 Å². The van der Waals surface area contributed by atoms with Crippen LogP contribution in [0, 0.1) is 0 Å². The lowest BCUT2D eigenvalue weighted by Gasteiger charge is -2.27. The molecular formula is C49H32N2O3. The lowest BCUT2D eigenvalue weighted by molar-refractivity contribution is 0.622. The molecule has 1 aliphatic carbocycles. The second-order valence-corrected chi connectivity index (χ2v) is 13.8. The zero-order valence-corrected chi connectivity index (χ0v) is 29.2. The van der Waals surface area contributed by atoms with E-state index in [1.54, 1.807) is 0 Å². The first kappa shape index (κ1) is 30.5. The van der Waals surface area contributed by atoms with Gasteiger partial charge in [0.05, 0.1) is 5.39 Å². The summed E-state index contributed by atoms with van der Waals surface area (Å²) in [6.07, 6.45) is 8.69. The fourth-order valence-corrected chi connectivity index (χ4v) is 8.01. The first-order valence-electron chi connectivity index (χ1n) is 18.3. The molecule has 5 heteroatoms. The molecule has 3 heterocycles. The summed E-state index contributed by atoms with van der Waals surface area (Å²) >= 11 is 0. The van der Waals surface area contributed by atoms with E-state index in [2.05, 4.69) is 120 Å². The minimum absolute atomic E-state index is 0.593. The van der Waals surface area contributed by atoms with Crippen molar-refractivity contribution in [3.05, 3.63) is 175 Å². The van der Waals surface area contributed by atoms with Gasteiger partial charge < -0.3 is 18.2 Å². The Morgan fingerprint density at radius 1 is 0.500 bits per heavy atom. The zero-order chi connectivity index (χ0) is 35.6. The first-order valence-corrected chi connectivity index (χ1v) is 18.3. The quantitative estimate of drug-likeness (QED) is 0.173. The Morgan fingerprint density at radius 3 is 2.06 bits per heavy atom. The van der Waals surface area contributed by atoms with E-state index in [9.17, 15) is 0 Å². The first-order chi connectivity index (χ1) is 26.7. The second kappa shape index (κ2) is 12.2. The van der Waals surface area contributed by atoms with Gasteiger partial charge in [-0.05, 0) is 108 Å². The molecule has 7 aromatic carbocycles. The second-order valence-electron chi connectivity index (χ2n) is 13.8. The van der Waals surface area contributed by atoms with Gasteiger partial charge in [-0.3, -0.25) is 0 Å². The van der Waals surface area contributed by atoms with Crippen LogP contribution in [0.5, 0.6) is 0 Å². The van der Waals surface area contributed by atoms with Crippen molar-refractivity contribution in [1.29, 1.82) is 0 Å². The molecule has 0 atom stereocenters. The van der Waals surface area contributed by atoms with Gasteiger partial charge in [0.2, 0.25) is 5.89 Å². The van der Waals surface area contributed by atoms with Crippen molar-refractivity contribution < 1.29 is 13.3 Å². The SMILES string of the molecule is C1=CCCC(c2cc(N(c3ccc4c(c3)oc3ccc5nc(-c6ccccc6)oc5c34)c3ccc4oc5ccccc5c4c3)ccc2-c2ccccc2)=C1. The largest absolute Gasteiger partial charge is 0.456 e. The van der Waals surface area contributed by atoms with Crippen molar-refractivity contribution in [3.63, 3.8) is 0 Å². The molecule has 5 nitrogen and oxygen atoms in total. The van der Waals surface area contributed by atoms with Gasteiger partial charge in [-0.1, -0.05) is 91.0 Å². The molecule has 11 rings (SSSR count). The Morgan fingerprint density at radius 2 is 1.20 bits per heavy atom. The summed E-state index contributed by atoms with van der Waals surface area (Å²) in [6, 6.07) is 52.6. The van der Waals surface area contributed by atoms with E-state index in [1.165, 1.54) is 22.3 Å². The monoisotopic (exact) mass is 696 g/mol. The molecule has 0 saturated carbocycles. The molecule has 3 aromatic heterocycles. The lowest BCUT2D eigenvalue weighted by Crippen LogP contribution is -2.10. The topological polar surface area (TPSA) is 55.6 Å². The number of aromatic nitrogens is 1. The minimum atomic E-state index is 0.593. The lowest BCUT2D eigenvalue weighted by atomic mass is 9.89. The Bertz CT molecular complexity index is 3110. The number of oxazole rings is 1. The van der Waals surface area contributed by atoms with Crippen LogP contribution in [0.2, 0.25) is 0 Å². The van der Waals surface area contributed by atoms with Crippen LogP contribution in [-0.2, 0) is 0 Å². The van der Waals surface area contributed by atoms with Gasteiger partial charge >= 0.3 is 0 Å². The molecule has 0 unspecified atom stereocenters. The van der Waals surface area contributed by atoms with Crippen molar-refractivity contribution in [2.75, 3.05) is 4.90 Å². The Kier molecular flexibility index (Phi) is 6.92. The van der Waals surface area contributed by atoms with Crippen molar-refractivity contribution in [1.82, 2.24) is 4.98 Å². The van der Waals surface area contributed by atoms with Crippen molar-refractivity contribution >= 4 is 77.6 Å². The van der Waals surface area contributed by atoms with Gasteiger partial charge in [-0.15, -0.1) is 0 Å². The van der Waals surface area contributed by atoms with Gasteiger partial charge in [-0.2, -0.15) is 0 Å². The maximum Gasteiger partial charge on any atom is 0.227 e. The number of fused-ring (bicyclic) bond motifs is 8. The molecule has 0 radical (unpaired) electrons. The molecule has 10 aromatic rings. The maximum atomic E-state index is 6.60. The van der Waals surface area contributed by atoms with E-state index in [0.29, 0.717) is 5.89 Å². The van der Waals surface area contributed by atoms with Gasteiger partial charge in [-0.25, -0.2) is 4.98 Å². The number of anilines is 3. The van der Waals surface area contributed by atoms with E-state index in [4.69, 9.17) is 18.2 Å². The zero-order valence-electron chi connectivity index (χ0n) is 29.2. The van der Waals surface area contributed by atoms with Gasteiger partial charge in [0.1, 0.15) is 27.8 Å². The minimum Gasteiger partial charge on any atom is -0.456 e. The average molecular weight is 697 g/mol. The van der Waals surface area contributed by atoms with Crippen LogP contribution in [0.1, 0.15) is 18.4 Å². The molecule has 54 heavy (non-hydrogen) atoms. The molecule has 1 aliphatic rings. The normalized spacial score (nSPS) is 13.1. The molecule has 0 N–H and O–H groups in total. The fourth-order valence-electron chi connectivity index (χ4n) is 8.01. The highest BCUT2D eigenvalue weighted by Gasteiger charge is 2.22. The molecule has 0 saturated heterocycles. The number of nitrogens with zero attached hydrogens (tertiary/aromatic N) is 2. The average Bonchev–Trinajstić information content (AvgIpc) is 3.95. The standard InChI is InChI=1S/C49H32N2O3/c1-4-12-31(13-5-1)37-23-20-34(28-40(37)32-14-6-2-7-15-32)51(35-22-26-44-41(29-35)38-18-10-11-19-43(38)52-44)36-21-24-39-46(30-36)53-45-27-25-42-48(47(39)45)54-49(50-42)33-16-8-3-9-17-33/h1-6,8-14,16-30H,7,15H2. The third-order valence-electron chi connectivity index (χ3n) is 10.6. The Hall–Kier alpha value is -7.11. The summed E-state index contributed by atoms with van der Waals surface area (Å²) in [7, 11) is 0. The van der Waals surface area contributed by atoms with Gasteiger partial charge in [0.15, 0.2) is 5.58 Å². The van der Waals surface area contributed by atoms with Gasteiger partial charge in [0.25, 0.3) is 0 Å². The maximum absolute atomic E-state index is 6.60. The number of hydrogen-bond acceptors (Lipinski definition) is 5. The molecule has 256 valence electrons. The third-order valence-corrected chi connectivity index (χ3v) is 10.6. The summed E-state index contributed by atoms with van der Waals surface area (Å²) in [5, 5.41) is 4.06. The predicted molar refractivity (Wildman–Crippen MR) is 220 cm³/mol. The Labute approximate surface area is 310 Å². The number of furan rings is 2. The number of benzene rings is 7. The van der Waals surface area contributed by atoms with Crippen LogP contribution >= 0.6 is 0 Å². The van der Waals surface area contributed by atoms with Crippen molar-refractivity contribution in [3.8, 4) is 22.6 Å². The Balaban J connectivity index is 1.12. The molecule has 0 amide bonds. The summed E-state index contributed by atoms with van der Waals surface area (Å²) in [6.45, 7) is 0. The summed E-state index contributed by atoms with van der Waals surface area (Å²) in [4.78, 5) is 7.15. The van der Waals surface area contributed by atoms with Crippen LogP contribution in [0.4, 0.5) is 17.1 Å². The summed E-state index contributed by atoms with van der Waals surface area (Å²) in [5.74, 6) is 0.593. The van der Waals surface area contributed by atoms with Gasteiger partial charge in [0, 0.05) is 44.9 Å². The fraction of sp³-hybridized carbons (Fsp3) is 0.0408. The van der Waals surface area contributed by atoms with Crippen LogP contribution in [0.25, 0.3) is 83.1 Å². The van der Waals surface area contributed by atoms with E-state index in [1.807, 2.05) is 54.6 Å². The van der Waals surface area contributed by atoms with Crippen LogP contribution in [0.15, 0.2) is 183 Å². The summed E-state index contributed by atoms with van der Waals surface area (Å²) < 4.78 is 19.3. The molecular weight excluding hydrogens is 665 g/mol. The van der Waals surface area contributed by atoms with E-state index >= 15 is 0 Å². The number of rotatable bonds is 6. The van der Waals surface area contributed by atoms with Crippen molar-refractivity contribution in [2.24, 2.45) is 0 Å². The molecule has 0 bridgehead atoms. The predicted octanol–water partition coefficient (Wildman–Crippen LogP) is 14.2. The van der Waals surface area contributed by atoms with E-state index < -0.39 is 0 Å². The van der Waals surface area contributed by atoms with E-state index in [0.717, 1.165) is 90.4 Å². The smallest absolute Gasteiger partial charge is 0.227 e. The van der Waals surface area contributed by atoms with E-state index in [-0.39, 0.29) is 0 Å². The highest BCUT2D eigenvalue weighted by Crippen LogP contribution is 2.44. The molecule has 0 aliphatic heterocycles. The third kappa shape index (κ3) is 4.97. The molecule has 0 fully saturated rings. The number of hydrogen-bond donors (Lipinski definition) is 0. The van der Waals surface area contributed by atoms with Crippen LogP contribution < -0.4 is 4.90 Å². The highest BCUT2D eigenvalue weighted by molar-refractivity contribution is 6.17. The van der Waals surface area contributed by atoms with Crippen LogP contribution in [0.3, 0.4) is 0 Å². The van der Waals surface area contributed by atoms with Crippen molar-refractivity contribution in [2.45, 2.75) is 12.8 Å². The number of para-hydroxylation sites is 1. The summed E-state index contributed by atoms with van der Waals surface area (Å²) in [5.41, 5.74) is 13.7. The highest BCUT2D eigenvalue weighted by atomic mass is 16.4. The molecule has 0 spiro atoms.